The Balaban J connectivity index is 0.000000671. The van der Waals surface area contributed by atoms with E-state index in [1.54, 1.807) is 12.2 Å². The molecule has 0 aromatic heterocycles. The van der Waals surface area contributed by atoms with Crippen LogP contribution in [-0.2, 0) is 4.79 Å². The Kier molecular flexibility index (Phi) is 5.60. The first kappa shape index (κ1) is 11.7. The zero-order chi connectivity index (χ0) is 10.3. The molecule has 2 heteroatoms. The molecule has 1 heterocycles. The van der Waals surface area contributed by atoms with Gasteiger partial charge in [0.1, 0.15) is 0 Å². The van der Waals surface area contributed by atoms with Crippen LogP contribution in [0, 0.1) is 0 Å². The molecule has 2 nitrogen and oxygen atoms in total. The molecule has 0 saturated heterocycles. The molecule has 1 amide bonds. The lowest BCUT2D eigenvalue weighted by Gasteiger charge is -2.15. The fourth-order valence-corrected chi connectivity index (χ4v) is 1.06. The van der Waals surface area contributed by atoms with Crippen LogP contribution in [0.4, 0.5) is 0 Å². The summed E-state index contributed by atoms with van der Waals surface area (Å²) in [5, 5.41) is 2.73. The zero-order valence-corrected chi connectivity index (χ0v) is 8.39. The van der Waals surface area contributed by atoms with Gasteiger partial charge in [-0.2, -0.15) is 0 Å². The predicted octanol–water partition coefficient (Wildman–Crippen LogP) is 2.20. The van der Waals surface area contributed by atoms with Crippen LogP contribution in [0.5, 0.6) is 0 Å². The van der Waals surface area contributed by atoms with Crippen molar-refractivity contribution in [2.75, 3.05) is 6.54 Å². The molecule has 0 unspecified atom stereocenters. The van der Waals surface area contributed by atoms with Gasteiger partial charge >= 0.3 is 0 Å². The minimum absolute atomic E-state index is 0.0606. The van der Waals surface area contributed by atoms with Gasteiger partial charge < -0.3 is 5.32 Å². The van der Waals surface area contributed by atoms with Gasteiger partial charge in [0.15, 0.2) is 0 Å². The Labute approximate surface area is 80.0 Å². The Morgan fingerprint density at radius 1 is 1.23 bits per heavy atom. The first-order chi connectivity index (χ1) is 6.27. The molecule has 0 aliphatic carbocycles. The average Bonchev–Trinajstić information content (AvgIpc) is 2.20. The summed E-state index contributed by atoms with van der Waals surface area (Å²) in [5.74, 6) is 0.0606. The quantitative estimate of drug-likeness (QED) is 0.691. The van der Waals surface area contributed by atoms with Gasteiger partial charge in [0, 0.05) is 6.54 Å². The molecule has 0 fully saturated rings. The second-order valence-corrected chi connectivity index (χ2v) is 2.41. The third-order valence-corrected chi connectivity index (χ3v) is 1.73. The maximum Gasteiger partial charge on any atom is 0.224 e. The smallest absolute Gasteiger partial charge is 0.224 e. The Morgan fingerprint density at radius 2 is 1.77 bits per heavy atom. The number of carbonyl (C=O) groups excluding carboxylic acids is 1. The summed E-state index contributed by atoms with van der Waals surface area (Å²) < 4.78 is 0. The predicted molar refractivity (Wildman–Crippen MR) is 56.4 cm³/mol. The van der Waals surface area contributed by atoms with E-state index in [-0.39, 0.29) is 5.91 Å². The molecule has 1 N–H and O–H groups in total. The molecule has 0 aromatic carbocycles. The molecule has 1 aliphatic rings. The second kappa shape index (κ2) is 6.23. The van der Waals surface area contributed by atoms with E-state index in [0.717, 1.165) is 11.1 Å². The number of allylic oxidation sites excluding steroid dienone is 1. The van der Waals surface area contributed by atoms with Crippen molar-refractivity contribution in [1.82, 2.24) is 5.32 Å². The van der Waals surface area contributed by atoms with Gasteiger partial charge in [-0.3, -0.25) is 4.79 Å². The molecule has 13 heavy (non-hydrogen) atoms. The molecule has 0 atom stereocenters. The van der Waals surface area contributed by atoms with Crippen molar-refractivity contribution < 1.29 is 4.79 Å². The lowest BCUT2D eigenvalue weighted by Crippen LogP contribution is -2.30. The van der Waals surface area contributed by atoms with Crippen LogP contribution in [0.15, 0.2) is 36.5 Å². The van der Waals surface area contributed by atoms with Crippen LogP contribution < -0.4 is 5.32 Å². The molecule has 72 valence electrons. The van der Waals surface area contributed by atoms with Crippen LogP contribution in [-0.4, -0.2) is 12.5 Å². The first-order valence-electron chi connectivity index (χ1n) is 4.51. The lowest BCUT2D eigenvalue weighted by atomic mass is 10.0. The molecular formula is C11H17NO. The molecule has 1 aliphatic heterocycles. The Hall–Kier alpha value is -1.31. The molecule has 0 aromatic rings. The number of nitrogens with one attached hydrogen (secondary N) is 1. The summed E-state index contributed by atoms with van der Waals surface area (Å²) in [6.45, 7) is 11.9. The lowest BCUT2D eigenvalue weighted by molar-refractivity contribution is -0.120. The maximum atomic E-state index is 10.9. The van der Waals surface area contributed by atoms with E-state index in [4.69, 9.17) is 0 Å². The monoisotopic (exact) mass is 179 g/mol. The number of amides is 1. The molecule has 0 spiro atoms. The minimum atomic E-state index is 0.0606. The van der Waals surface area contributed by atoms with E-state index in [0.29, 0.717) is 13.0 Å². The highest BCUT2D eigenvalue weighted by Crippen LogP contribution is 2.14. The fourth-order valence-electron chi connectivity index (χ4n) is 1.06. The summed E-state index contributed by atoms with van der Waals surface area (Å²) in [5.41, 5.74) is 2.06. The van der Waals surface area contributed by atoms with E-state index in [9.17, 15) is 4.79 Å². The van der Waals surface area contributed by atoms with Crippen LogP contribution in [0.3, 0.4) is 0 Å². The third-order valence-electron chi connectivity index (χ3n) is 1.73. The molecule has 0 bridgehead atoms. The number of carbonyl (C=O) groups is 1. The minimum Gasteiger partial charge on any atom is -0.352 e. The van der Waals surface area contributed by atoms with E-state index in [1.165, 1.54) is 0 Å². The highest BCUT2D eigenvalue weighted by Gasteiger charge is 2.12. The van der Waals surface area contributed by atoms with Crippen LogP contribution >= 0.6 is 0 Å². The summed E-state index contributed by atoms with van der Waals surface area (Å²) in [4.78, 5) is 10.9. The summed E-state index contributed by atoms with van der Waals surface area (Å²) >= 11 is 0. The van der Waals surface area contributed by atoms with Crippen molar-refractivity contribution in [1.29, 1.82) is 0 Å². The third kappa shape index (κ3) is 3.28. The highest BCUT2D eigenvalue weighted by atomic mass is 16.1. The normalized spacial score (nSPS) is 15.4. The molecule has 0 saturated carbocycles. The average molecular weight is 179 g/mol. The van der Waals surface area contributed by atoms with Gasteiger partial charge in [-0.15, -0.1) is 0 Å². The van der Waals surface area contributed by atoms with Crippen molar-refractivity contribution >= 4 is 5.91 Å². The van der Waals surface area contributed by atoms with E-state index < -0.39 is 0 Å². The number of hydrogen-bond donors (Lipinski definition) is 1. The fraction of sp³-hybridized carbons (Fsp3) is 0.364. The van der Waals surface area contributed by atoms with E-state index >= 15 is 0 Å². The van der Waals surface area contributed by atoms with Gasteiger partial charge in [-0.1, -0.05) is 39.2 Å². The Morgan fingerprint density at radius 3 is 2.23 bits per heavy atom. The van der Waals surface area contributed by atoms with E-state index in [1.807, 2.05) is 13.8 Å². The standard InChI is InChI=1S/C9H11NO.C2H6/c1-3-7-5-9(11)10-6-8(7)4-2;1-2/h3-4H,1-2,5-6H2,(H,10,11);1-2H3. The largest absolute Gasteiger partial charge is 0.352 e. The van der Waals surface area contributed by atoms with E-state index in [2.05, 4.69) is 18.5 Å². The van der Waals surface area contributed by atoms with Crippen molar-refractivity contribution in [2.24, 2.45) is 0 Å². The summed E-state index contributed by atoms with van der Waals surface area (Å²) in [6, 6.07) is 0. The Bertz CT molecular complexity index is 238. The maximum absolute atomic E-state index is 10.9. The number of rotatable bonds is 2. The highest BCUT2D eigenvalue weighted by molar-refractivity contribution is 5.81. The molecule has 1 rings (SSSR count). The van der Waals surface area contributed by atoms with Crippen LogP contribution in [0.2, 0.25) is 0 Å². The molecule has 0 radical (unpaired) electrons. The van der Waals surface area contributed by atoms with Crippen molar-refractivity contribution in [3.63, 3.8) is 0 Å². The van der Waals surface area contributed by atoms with Gasteiger partial charge in [0.05, 0.1) is 6.42 Å². The van der Waals surface area contributed by atoms with Gasteiger partial charge in [-0.25, -0.2) is 0 Å². The molecular weight excluding hydrogens is 162 g/mol. The SMILES string of the molecule is C=CC1=C(C=C)CC(=O)NC1.CC. The van der Waals surface area contributed by atoms with Crippen molar-refractivity contribution in [2.45, 2.75) is 20.3 Å². The van der Waals surface area contributed by atoms with Crippen molar-refractivity contribution in [3.8, 4) is 0 Å². The van der Waals surface area contributed by atoms with Crippen LogP contribution in [0.25, 0.3) is 0 Å². The van der Waals surface area contributed by atoms with Crippen molar-refractivity contribution in [3.05, 3.63) is 36.5 Å². The second-order valence-electron chi connectivity index (χ2n) is 2.41. The topological polar surface area (TPSA) is 29.1 Å². The van der Waals surface area contributed by atoms with Gasteiger partial charge in [0.25, 0.3) is 0 Å². The summed E-state index contributed by atoms with van der Waals surface area (Å²) in [7, 11) is 0. The zero-order valence-electron chi connectivity index (χ0n) is 8.39. The van der Waals surface area contributed by atoms with Crippen LogP contribution in [0.1, 0.15) is 20.3 Å². The van der Waals surface area contributed by atoms with Gasteiger partial charge in [0.2, 0.25) is 5.91 Å². The first-order valence-corrected chi connectivity index (χ1v) is 4.51. The number of hydrogen-bond acceptors (Lipinski definition) is 1. The summed E-state index contributed by atoms with van der Waals surface area (Å²) in [6.07, 6.45) is 3.91. The van der Waals surface area contributed by atoms with Gasteiger partial charge in [-0.05, 0) is 11.1 Å².